The molecule has 0 heterocycles. The van der Waals surface area contributed by atoms with Gasteiger partial charge >= 0.3 is 11.9 Å². The zero-order valence-electron chi connectivity index (χ0n) is 43.4. The van der Waals surface area contributed by atoms with Crippen LogP contribution in [0.2, 0.25) is 0 Å². The lowest BCUT2D eigenvalue weighted by Gasteiger charge is -2.18. The van der Waals surface area contributed by atoms with Crippen LogP contribution in [-0.2, 0) is 23.8 Å². The number of ether oxygens (including phenoxy) is 3. The largest absolute Gasteiger partial charge is 0.462 e. The van der Waals surface area contributed by atoms with Crippen molar-refractivity contribution in [1.29, 1.82) is 0 Å². The molecule has 1 atom stereocenters. The normalized spacial score (nSPS) is 13.0. The number of unbranched alkanes of at least 4 members (excludes halogenated alkanes) is 23. The standard InChI is InChI=1S/C61H104O5/c1-4-7-10-13-16-19-22-25-28-30-32-35-38-41-44-47-50-53-56-64-57-59(66-61(63)55-52-49-46-43-40-37-33-27-24-21-18-15-12-9-6-3)58-65-60(62)54-51-48-45-42-39-36-34-31-29-26-23-20-17-14-11-8-5-2/h7-8,10-11,16-17,19-20,25-26,28-29,34,36,42,45,59H,4-6,9,12-15,18,21-24,27,30-33,35,37-41,43-44,46-58H2,1-3H3/b10-7-,11-8-,19-16-,20-17-,28-25-,29-26-,36-34-,45-42-. The van der Waals surface area contributed by atoms with E-state index in [9.17, 15) is 9.59 Å². The van der Waals surface area contributed by atoms with Crippen LogP contribution in [0.1, 0.15) is 252 Å². The maximum absolute atomic E-state index is 12.8. The predicted molar refractivity (Wildman–Crippen MR) is 288 cm³/mol. The first-order valence-corrected chi connectivity index (χ1v) is 27.8. The molecule has 1 unspecified atom stereocenters. The van der Waals surface area contributed by atoms with Crippen LogP contribution in [0.5, 0.6) is 0 Å². The van der Waals surface area contributed by atoms with Gasteiger partial charge in [0.15, 0.2) is 6.10 Å². The van der Waals surface area contributed by atoms with Gasteiger partial charge in [-0.1, -0.05) is 246 Å². The Labute approximate surface area is 409 Å². The highest BCUT2D eigenvalue weighted by Crippen LogP contribution is 2.15. The zero-order chi connectivity index (χ0) is 47.7. The topological polar surface area (TPSA) is 61.8 Å². The lowest BCUT2D eigenvalue weighted by Crippen LogP contribution is -2.30. The second-order valence-electron chi connectivity index (χ2n) is 18.1. The van der Waals surface area contributed by atoms with Crippen LogP contribution in [0.4, 0.5) is 0 Å². The highest BCUT2D eigenvalue weighted by atomic mass is 16.6. The summed E-state index contributed by atoms with van der Waals surface area (Å²) in [7, 11) is 0. The van der Waals surface area contributed by atoms with E-state index in [1.807, 2.05) is 0 Å². The molecule has 0 saturated heterocycles. The van der Waals surface area contributed by atoms with Crippen LogP contribution >= 0.6 is 0 Å². The van der Waals surface area contributed by atoms with E-state index in [4.69, 9.17) is 14.2 Å². The predicted octanol–water partition coefficient (Wildman–Crippen LogP) is 19.0. The third kappa shape index (κ3) is 53.4. The molecule has 5 nitrogen and oxygen atoms in total. The van der Waals surface area contributed by atoms with E-state index in [1.165, 1.54) is 128 Å². The van der Waals surface area contributed by atoms with Crippen molar-refractivity contribution in [3.63, 3.8) is 0 Å². The molecule has 0 amide bonds. The first-order chi connectivity index (χ1) is 32.6. The van der Waals surface area contributed by atoms with Gasteiger partial charge in [-0.3, -0.25) is 9.59 Å². The Kier molecular flexibility index (Phi) is 53.4. The van der Waals surface area contributed by atoms with Gasteiger partial charge in [0, 0.05) is 19.4 Å². The van der Waals surface area contributed by atoms with Gasteiger partial charge in [-0.25, -0.2) is 0 Å². The fourth-order valence-electron chi connectivity index (χ4n) is 7.56. The first-order valence-electron chi connectivity index (χ1n) is 27.8. The molecule has 5 heteroatoms. The molecule has 0 spiro atoms. The van der Waals surface area contributed by atoms with Crippen molar-refractivity contribution in [2.45, 2.75) is 258 Å². The maximum atomic E-state index is 12.8. The summed E-state index contributed by atoms with van der Waals surface area (Å²) in [6.07, 6.45) is 75.7. The van der Waals surface area contributed by atoms with E-state index >= 15 is 0 Å². The SMILES string of the molecule is CC/C=C\C/C=C\C/C=C\C/C=C\C/C=C\CCCC(=O)OCC(COCCCCCCCCCC/C=C\C/C=C\C/C=C\CC)OC(=O)CCCCCCCCCCCCCCCCC. The van der Waals surface area contributed by atoms with Crippen molar-refractivity contribution in [3.8, 4) is 0 Å². The summed E-state index contributed by atoms with van der Waals surface area (Å²) in [5.41, 5.74) is 0. The van der Waals surface area contributed by atoms with Gasteiger partial charge in [-0.2, -0.15) is 0 Å². The van der Waals surface area contributed by atoms with Gasteiger partial charge in [0.05, 0.1) is 6.61 Å². The van der Waals surface area contributed by atoms with E-state index in [-0.39, 0.29) is 25.2 Å². The number of hydrogen-bond donors (Lipinski definition) is 0. The van der Waals surface area contributed by atoms with E-state index in [1.54, 1.807) is 0 Å². The van der Waals surface area contributed by atoms with Crippen LogP contribution < -0.4 is 0 Å². The minimum Gasteiger partial charge on any atom is -0.462 e. The molecule has 66 heavy (non-hydrogen) atoms. The summed E-state index contributed by atoms with van der Waals surface area (Å²) in [5, 5.41) is 0. The molecule has 0 radical (unpaired) electrons. The van der Waals surface area contributed by atoms with E-state index in [0.29, 0.717) is 19.4 Å². The lowest BCUT2D eigenvalue weighted by atomic mass is 10.0. The third-order valence-corrected chi connectivity index (χ3v) is 11.6. The first kappa shape index (κ1) is 62.8. The molecular weight excluding hydrogens is 813 g/mol. The summed E-state index contributed by atoms with van der Waals surface area (Å²) >= 11 is 0. The Morgan fingerprint density at radius 1 is 0.348 bits per heavy atom. The Hall–Kier alpha value is -3.18. The van der Waals surface area contributed by atoms with Crippen LogP contribution in [0.3, 0.4) is 0 Å². The number of hydrogen-bond acceptors (Lipinski definition) is 5. The van der Waals surface area contributed by atoms with Gasteiger partial charge < -0.3 is 14.2 Å². The monoisotopic (exact) mass is 917 g/mol. The van der Waals surface area contributed by atoms with Gasteiger partial charge in [-0.05, 0) is 89.9 Å². The van der Waals surface area contributed by atoms with Crippen LogP contribution in [0, 0.1) is 0 Å². The molecule has 0 aliphatic heterocycles. The number of carbonyl (C=O) groups is 2. The zero-order valence-corrected chi connectivity index (χ0v) is 43.4. The average molecular weight is 917 g/mol. The maximum Gasteiger partial charge on any atom is 0.306 e. The van der Waals surface area contributed by atoms with Crippen molar-refractivity contribution >= 4 is 11.9 Å². The molecule has 0 saturated carbocycles. The number of allylic oxidation sites excluding steroid dienone is 16. The van der Waals surface area contributed by atoms with E-state index < -0.39 is 6.10 Å². The molecule has 0 aromatic heterocycles. The van der Waals surface area contributed by atoms with Crippen LogP contribution in [-0.4, -0.2) is 37.9 Å². The Morgan fingerprint density at radius 3 is 1.14 bits per heavy atom. The molecule has 0 aliphatic carbocycles. The molecule has 0 N–H and O–H groups in total. The van der Waals surface area contributed by atoms with Crippen molar-refractivity contribution < 1.29 is 23.8 Å². The molecule has 0 aromatic rings. The number of rotatable bonds is 50. The summed E-state index contributed by atoms with van der Waals surface area (Å²) in [4.78, 5) is 25.5. The van der Waals surface area contributed by atoms with Crippen LogP contribution in [0.25, 0.3) is 0 Å². The summed E-state index contributed by atoms with van der Waals surface area (Å²) in [6.45, 7) is 7.55. The van der Waals surface area contributed by atoms with E-state index in [2.05, 4.69) is 118 Å². The fraction of sp³-hybridized carbons (Fsp3) is 0.705. The van der Waals surface area contributed by atoms with Crippen molar-refractivity contribution in [1.82, 2.24) is 0 Å². The van der Waals surface area contributed by atoms with Crippen molar-refractivity contribution in [2.75, 3.05) is 19.8 Å². The third-order valence-electron chi connectivity index (χ3n) is 11.6. The van der Waals surface area contributed by atoms with Crippen molar-refractivity contribution in [3.05, 3.63) is 97.2 Å². The Balaban J connectivity index is 4.37. The molecule has 378 valence electrons. The summed E-state index contributed by atoms with van der Waals surface area (Å²) < 4.78 is 17.4. The second-order valence-corrected chi connectivity index (χ2v) is 18.1. The highest BCUT2D eigenvalue weighted by molar-refractivity contribution is 5.70. The van der Waals surface area contributed by atoms with Gasteiger partial charge in [0.25, 0.3) is 0 Å². The van der Waals surface area contributed by atoms with Gasteiger partial charge in [-0.15, -0.1) is 0 Å². The summed E-state index contributed by atoms with van der Waals surface area (Å²) in [6, 6.07) is 0. The average Bonchev–Trinajstić information content (AvgIpc) is 3.32. The molecule has 0 aromatic carbocycles. The fourth-order valence-corrected chi connectivity index (χ4v) is 7.56. The molecule has 0 fully saturated rings. The van der Waals surface area contributed by atoms with E-state index in [0.717, 1.165) is 89.9 Å². The number of esters is 2. The molecule has 0 rings (SSSR count). The minimum atomic E-state index is -0.567. The lowest BCUT2D eigenvalue weighted by molar-refractivity contribution is -0.163. The van der Waals surface area contributed by atoms with Gasteiger partial charge in [0.2, 0.25) is 0 Å². The Bertz CT molecular complexity index is 1270. The molecular formula is C61H104O5. The minimum absolute atomic E-state index is 0.0505. The van der Waals surface area contributed by atoms with Crippen molar-refractivity contribution in [2.24, 2.45) is 0 Å². The molecule has 0 bridgehead atoms. The Morgan fingerprint density at radius 2 is 0.697 bits per heavy atom. The van der Waals surface area contributed by atoms with Gasteiger partial charge in [0.1, 0.15) is 6.61 Å². The quantitative estimate of drug-likeness (QED) is 0.0346. The van der Waals surface area contributed by atoms with Crippen LogP contribution in [0.15, 0.2) is 97.2 Å². The number of carbonyl (C=O) groups excluding carboxylic acids is 2. The highest BCUT2D eigenvalue weighted by Gasteiger charge is 2.17. The smallest absolute Gasteiger partial charge is 0.306 e. The molecule has 0 aliphatic rings. The summed E-state index contributed by atoms with van der Waals surface area (Å²) in [5.74, 6) is -0.465. The second kappa shape index (κ2) is 56.1.